The van der Waals surface area contributed by atoms with Gasteiger partial charge in [0, 0.05) is 24.7 Å². The minimum atomic E-state index is -0.251. The summed E-state index contributed by atoms with van der Waals surface area (Å²) in [5.41, 5.74) is 0.970. The van der Waals surface area contributed by atoms with Crippen LogP contribution in [0.5, 0.6) is 0 Å². The lowest BCUT2D eigenvalue weighted by Crippen LogP contribution is -2.28. The van der Waals surface area contributed by atoms with Crippen LogP contribution in [0, 0.1) is 5.82 Å². The zero-order valence-corrected chi connectivity index (χ0v) is 11.2. The van der Waals surface area contributed by atoms with Crippen LogP contribution in [0.1, 0.15) is 38.7 Å². The molecule has 0 saturated heterocycles. The zero-order valence-electron chi connectivity index (χ0n) is 11.2. The summed E-state index contributed by atoms with van der Waals surface area (Å²) >= 11 is 0. The van der Waals surface area contributed by atoms with E-state index < -0.39 is 0 Å². The summed E-state index contributed by atoms with van der Waals surface area (Å²) in [5.74, 6) is 0.698. The maximum absolute atomic E-state index is 13.3. The van der Waals surface area contributed by atoms with E-state index in [0.717, 1.165) is 30.9 Å². The molecule has 4 heteroatoms. The first-order chi connectivity index (χ1) is 8.76. The van der Waals surface area contributed by atoms with Crippen LogP contribution in [-0.4, -0.2) is 24.1 Å². The number of pyridine rings is 1. The first kappa shape index (κ1) is 13.3. The van der Waals surface area contributed by atoms with E-state index in [-0.39, 0.29) is 5.82 Å². The average Bonchev–Trinajstić information content (AvgIpc) is 3.17. The summed E-state index contributed by atoms with van der Waals surface area (Å²) in [6.45, 7) is 6.83. The van der Waals surface area contributed by atoms with Crippen molar-refractivity contribution in [2.45, 2.75) is 45.7 Å². The standard InChI is InChI=1S/C14H22FN3/c1-3-7-16-9-11-8-12(15)10-17-14(11)18(4-2)13-5-6-13/h8,10,13,16H,3-7,9H2,1-2H3. The second kappa shape index (κ2) is 6.14. The van der Waals surface area contributed by atoms with E-state index in [4.69, 9.17) is 0 Å². The molecule has 0 aliphatic heterocycles. The van der Waals surface area contributed by atoms with Crippen molar-refractivity contribution < 1.29 is 4.39 Å². The SMILES string of the molecule is CCCNCc1cc(F)cnc1N(CC)C1CC1. The molecule has 0 unspecified atom stereocenters. The van der Waals surface area contributed by atoms with E-state index in [9.17, 15) is 4.39 Å². The van der Waals surface area contributed by atoms with Gasteiger partial charge in [-0.05, 0) is 38.8 Å². The third-order valence-electron chi connectivity index (χ3n) is 3.25. The molecule has 0 radical (unpaired) electrons. The first-order valence-electron chi connectivity index (χ1n) is 6.88. The van der Waals surface area contributed by atoms with E-state index in [2.05, 4.69) is 29.0 Å². The third-order valence-corrected chi connectivity index (χ3v) is 3.25. The monoisotopic (exact) mass is 251 g/mol. The number of rotatable bonds is 7. The van der Waals surface area contributed by atoms with E-state index in [1.165, 1.54) is 19.0 Å². The summed E-state index contributed by atoms with van der Waals surface area (Å²) in [6.07, 6.45) is 4.87. The molecule has 0 atom stereocenters. The second-order valence-electron chi connectivity index (χ2n) is 4.83. The zero-order chi connectivity index (χ0) is 13.0. The fourth-order valence-corrected chi connectivity index (χ4v) is 2.23. The lowest BCUT2D eigenvalue weighted by molar-refractivity contribution is 0.609. The molecule has 0 amide bonds. The summed E-state index contributed by atoms with van der Waals surface area (Å²) in [5, 5.41) is 3.32. The van der Waals surface area contributed by atoms with Crippen molar-refractivity contribution in [2.24, 2.45) is 0 Å². The summed E-state index contributed by atoms with van der Waals surface area (Å²) in [4.78, 5) is 6.59. The Morgan fingerprint density at radius 2 is 2.22 bits per heavy atom. The van der Waals surface area contributed by atoms with Crippen LogP contribution in [0.4, 0.5) is 10.2 Å². The average molecular weight is 251 g/mol. The van der Waals surface area contributed by atoms with Crippen molar-refractivity contribution in [3.63, 3.8) is 0 Å². The molecule has 1 fully saturated rings. The van der Waals surface area contributed by atoms with E-state index in [0.29, 0.717) is 12.6 Å². The predicted octanol–water partition coefficient (Wildman–Crippen LogP) is 2.71. The maximum atomic E-state index is 13.3. The van der Waals surface area contributed by atoms with Crippen molar-refractivity contribution in [3.8, 4) is 0 Å². The van der Waals surface area contributed by atoms with Gasteiger partial charge in [0.2, 0.25) is 0 Å². The van der Waals surface area contributed by atoms with Gasteiger partial charge < -0.3 is 10.2 Å². The second-order valence-corrected chi connectivity index (χ2v) is 4.83. The smallest absolute Gasteiger partial charge is 0.141 e. The number of halogens is 1. The largest absolute Gasteiger partial charge is 0.354 e. The molecule has 100 valence electrons. The van der Waals surface area contributed by atoms with Gasteiger partial charge in [-0.3, -0.25) is 0 Å². The number of nitrogens with zero attached hydrogens (tertiary/aromatic N) is 2. The van der Waals surface area contributed by atoms with Crippen LogP contribution in [0.3, 0.4) is 0 Å². The topological polar surface area (TPSA) is 28.2 Å². The van der Waals surface area contributed by atoms with Crippen molar-refractivity contribution >= 4 is 5.82 Å². The van der Waals surface area contributed by atoms with E-state index in [1.54, 1.807) is 6.07 Å². The Kier molecular flexibility index (Phi) is 4.53. The molecule has 1 aliphatic carbocycles. The quantitative estimate of drug-likeness (QED) is 0.755. The molecular weight excluding hydrogens is 229 g/mol. The number of hydrogen-bond donors (Lipinski definition) is 1. The maximum Gasteiger partial charge on any atom is 0.141 e. The minimum Gasteiger partial charge on any atom is -0.354 e. The Bertz CT molecular complexity index is 391. The highest BCUT2D eigenvalue weighted by Gasteiger charge is 2.30. The predicted molar refractivity (Wildman–Crippen MR) is 72.2 cm³/mol. The van der Waals surface area contributed by atoms with Gasteiger partial charge in [-0.2, -0.15) is 0 Å². The molecule has 1 saturated carbocycles. The Morgan fingerprint density at radius 1 is 1.44 bits per heavy atom. The van der Waals surface area contributed by atoms with Gasteiger partial charge >= 0.3 is 0 Å². The van der Waals surface area contributed by atoms with Crippen molar-refractivity contribution in [1.82, 2.24) is 10.3 Å². The van der Waals surface area contributed by atoms with Crippen LogP contribution in [0.15, 0.2) is 12.3 Å². The summed E-state index contributed by atoms with van der Waals surface area (Å²) < 4.78 is 13.3. The molecule has 1 aromatic rings. The first-order valence-corrected chi connectivity index (χ1v) is 6.88. The number of hydrogen-bond acceptors (Lipinski definition) is 3. The number of aromatic nitrogens is 1. The lowest BCUT2D eigenvalue weighted by Gasteiger charge is -2.24. The highest BCUT2D eigenvalue weighted by Crippen LogP contribution is 2.32. The molecule has 1 aliphatic rings. The van der Waals surface area contributed by atoms with Crippen LogP contribution in [0.2, 0.25) is 0 Å². The molecule has 3 nitrogen and oxygen atoms in total. The highest BCUT2D eigenvalue weighted by molar-refractivity contribution is 5.49. The minimum absolute atomic E-state index is 0.251. The van der Waals surface area contributed by atoms with E-state index in [1.807, 2.05) is 0 Å². The van der Waals surface area contributed by atoms with Gasteiger partial charge in [-0.25, -0.2) is 9.37 Å². The van der Waals surface area contributed by atoms with E-state index >= 15 is 0 Å². The van der Waals surface area contributed by atoms with Crippen LogP contribution < -0.4 is 10.2 Å². The van der Waals surface area contributed by atoms with Crippen LogP contribution in [-0.2, 0) is 6.54 Å². The molecular formula is C14H22FN3. The normalized spacial score (nSPS) is 14.8. The Hall–Kier alpha value is -1.16. The van der Waals surface area contributed by atoms with Gasteiger partial charge in [0.15, 0.2) is 0 Å². The number of nitrogens with one attached hydrogen (secondary N) is 1. The fourth-order valence-electron chi connectivity index (χ4n) is 2.23. The molecule has 0 spiro atoms. The van der Waals surface area contributed by atoms with Crippen LogP contribution in [0.25, 0.3) is 0 Å². The van der Waals surface area contributed by atoms with Crippen LogP contribution >= 0.6 is 0 Å². The highest BCUT2D eigenvalue weighted by atomic mass is 19.1. The molecule has 1 heterocycles. The lowest BCUT2D eigenvalue weighted by atomic mass is 10.2. The van der Waals surface area contributed by atoms with Gasteiger partial charge in [0.25, 0.3) is 0 Å². The third kappa shape index (κ3) is 3.19. The van der Waals surface area contributed by atoms with Crippen molar-refractivity contribution in [2.75, 3.05) is 18.0 Å². The molecule has 2 rings (SSSR count). The summed E-state index contributed by atoms with van der Waals surface area (Å²) in [6, 6.07) is 2.22. The van der Waals surface area contributed by atoms with Crippen molar-refractivity contribution in [3.05, 3.63) is 23.6 Å². The molecule has 0 bridgehead atoms. The Balaban J connectivity index is 2.15. The van der Waals surface area contributed by atoms with Gasteiger partial charge in [0.1, 0.15) is 11.6 Å². The van der Waals surface area contributed by atoms with Gasteiger partial charge in [0.05, 0.1) is 6.20 Å². The van der Waals surface area contributed by atoms with Crippen molar-refractivity contribution in [1.29, 1.82) is 0 Å². The van der Waals surface area contributed by atoms with Gasteiger partial charge in [-0.15, -0.1) is 0 Å². The molecule has 1 aromatic heterocycles. The molecule has 1 N–H and O–H groups in total. The Morgan fingerprint density at radius 3 is 2.83 bits per heavy atom. The number of anilines is 1. The van der Waals surface area contributed by atoms with Gasteiger partial charge in [-0.1, -0.05) is 6.92 Å². The summed E-state index contributed by atoms with van der Waals surface area (Å²) in [7, 11) is 0. The fraction of sp³-hybridized carbons (Fsp3) is 0.643. The molecule has 18 heavy (non-hydrogen) atoms. The Labute approximate surface area is 108 Å². The molecule has 0 aromatic carbocycles.